The molecule has 2 aromatic carbocycles. The fourth-order valence-corrected chi connectivity index (χ4v) is 4.04. The molecule has 1 atom stereocenters. The van der Waals surface area contributed by atoms with Gasteiger partial charge < -0.3 is 4.74 Å². The summed E-state index contributed by atoms with van der Waals surface area (Å²) in [5.41, 5.74) is 8.01. The number of fused-ring (bicyclic) bond motifs is 1. The second-order valence-corrected chi connectivity index (χ2v) is 7.48. The molecular formula is C26H25N2O3+. The molecule has 1 unspecified atom stereocenters. The molecule has 2 aliphatic rings. The van der Waals surface area contributed by atoms with Crippen molar-refractivity contribution in [3.8, 4) is 0 Å². The Kier molecular flexibility index (Phi) is 5.96. The monoisotopic (exact) mass is 413 g/mol. The third-order valence-electron chi connectivity index (χ3n) is 5.52. The Bertz CT molecular complexity index is 1100. The smallest absolute Gasteiger partial charge is 0.329 e. The van der Waals surface area contributed by atoms with Crippen LogP contribution in [0, 0.1) is 0 Å². The average molecular weight is 413 g/mol. The molecule has 0 bridgehead atoms. The van der Waals surface area contributed by atoms with E-state index < -0.39 is 5.91 Å². The van der Waals surface area contributed by atoms with Gasteiger partial charge in [-0.15, -0.1) is 4.59 Å². The maximum Gasteiger partial charge on any atom is 0.329 e. The molecule has 2 aromatic rings. The van der Waals surface area contributed by atoms with Gasteiger partial charge in [0.1, 0.15) is 12.8 Å². The summed E-state index contributed by atoms with van der Waals surface area (Å²) in [5, 5.41) is 0. The van der Waals surface area contributed by atoms with Crippen molar-refractivity contribution in [3.05, 3.63) is 119 Å². The quantitative estimate of drug-likeness (QED) is 0.395. The van der Waals surface area contributed by atoms with Gasteiger partial charge >= 0.3 is 5.91 Å². The molecule has 0 aliphatic carbocycles. The zero-order valence-corrected chi connectivity index (χ0v) is 17.5. The number of amides is 1. The summed E-state index contributed by atoms with van der Waals surface area (Å²) in [6, 6.07) is 20.0. The Labute approximate surface area is 182 Å². The van der Waals surface area contributed by atoms with E-state index in [1.165, 1.54) is 0 Å². The number of ether oxygens (including phenoxy) is 1. The minimum absolute atomic E-state index is 0.0315. The number of allylic oxidation sites excluding steroid dienone is 5. The van der Waals surface area contributed by atoms with Crippen LogP contribution in [0.25, 0.3) is 0 Å². The van der Waals surface area contributed by atoms with Crippen molar-refractivity contribution in [2.24, 2.45) is 0 Å². The maximum absolute atomic E-state index is 12.3. The Hall–Kier alpha value is -3.70. The van der Waals surface area contributed by atoms with E-state index in [4.69, 9.17) is 4.74 Å². The zero-order chi connectivity index (χ0) is 21.7. The van der Waals surface area contributed by atoms with Crippen LogP contribution in [-0.4, -0.2) is 16.8 Å². The fourth-order valence-electron chi connectivity index (χ4n) is 4.04. The van der Waals surface area contributed by atoms with E-state index in [1.54, 1.807) is 0 Å². The number of hydrogen-bond acceptors (Lipinski definition) is 3. The highest BCUT2D eigenvalue weighted by Crippen LogP contribution is 2.43. The highest BCUT2D eigenvalue weighted by atomic mass is 16.5. The van der Waals surface area contributed by atoms with Gasteiger partial charge in [0.15, 0.2) is 11.5 Å². The largest absolute Gasteiger partial charge is 0.483 e. The molecule has 5 nitrogen and oxygen atoms in total. The average Bonchev–Trinajstić information content (AvgIpc) is 3.12. The number of carbonyl (C=O) groups is 2. The predicted molar refractivity (Wildman–Crippen MR) is 118 cm³/mol. The first-order chi connectivity index (χ1) is 15.2. The van der Waals surface area contributed by atoms with Crippen LogP contribution in [0.1, 0.15) is 24.5 Å². The minimum atomic E-state index is -0.678. The van der Waals surface area contributed by atoms with E-state index in [0.29, 0.717) is 25.1 Å². The van der Waals surface area contributed by atoms with Gasteiger partial charge in [0.25, 0.3) is 0 Å². The Morgan fingerprint density at radius 3 is 2.35 bits per heavy atom. The second-order valence-electron chi connectivity index (χ2n) is 7.48. The van der Waals surface area contributed by atoms with Gasteiger partial charge in [-0.2, -0.15) is 5.43 Å². The topological polar surface area (TPSA) is 55.4 Å². The number of carbonyl (C=O) groups excluding carboxylic acids is 2. The van der Waals surface area contributed by atoms with Crippen LogP contribution >= 0.6 is 0 Å². The number of quaternary nitrogens is 1. The van der Waals surface area contributed by atoms with Crippen molar-refractivity contribution in [2.45, 2.75) is 26.4 Å². The maximum atomic E-state index is 12.3. The molecule has 0 radical (unpaired) electrons. The normalized spacial score (nSPS) is 19.4. The Balaban J connectivity index is 1.70. The van der Waals surface area contributed by atoms with Gasteiger partial charge in [-0.3, -0.25) is 9.59 Å². The van der Waals surface area contributed by atoms with Crippen LogP contribution < -0.4 is 5.43 Å². The van der Waals surface area contributed by atoms with E-state index in [2.05, 4.69) is 30.6 Å². The summed E-state index contributed by atoms with van der Waals surface area (Å²) in [6.07, 6.45) is 9.48. The van der Waals surface area contributed by atoms with Gasteiger partial charge in [0.2, 0.25) is 12.0 Å². The zero-order valence-electron chi connectivity index (χ0n) is 17.5. The summed E-state index contributed by atoms with van der Waals surface area (Å²) in [6.45, 7) is 2.50. The molecular weight excluding hydrogens is 388 g/mol. The summed E-state index contributed by atoms with van der Waals surface area (Å²) >= 11 is 0. The lowest BCUT2D eigenvalue weighted by Gasteiger charge is -2.35. The van der Waals surface area contributed by atoms with E-state index in [0.717, 1.165) is 34.5 Å². The van der Waals surface area contributed by atoms with Crippen molar-refractivity contribution in [1.82, 2.24) is 5.43 Å². The first kappa shape index (κ1) is 20.6. The third-order valence-corrected chi connectivity index (χ3v) is 5.52. The third kappa shape index (κ3) is 4.13. The molecule has 2 aliphatic heterocycles. The number of nitrogens with zero attached hydrogens (tertiary/aromatic N) is 1. The second kappa shape index (κ2) is 8.98. The number of nitrogens with one attached hydrogen (secondary N) is 1. The molecule has 4 rings (SSSR count). The van der Waals surface area contributed by atoms with Crippen molar-refractivity contribution in [2.75, 3.05) is 0 Å². The molecule has 5 heteroatoms. The van der Waals surface area contributed by atoms with Gasteiger partial charge in [0.05, 0.1) is 6.42 Å². The highest BCUT2D eigenvalue weighted by Gasteiger charge is 2.47. The van der Waals surface area contributed by atoms with Crippen molar-refractivity contribution in [3.63, 3.8) is 0 Å². The number of rotatable bonds is 8. The van der Waals surface area contributed by atoms with Gasteiger partial charge in [-0.05, 0) is 29.7 Å². The molecule has 0 saturated carbocycles. The molecule has 0 aromatic heterocycles. The molecule has 1 N–H and O–H groups in total. The molecule has 0 saturated heterocycles. The lowest BCUT2D eigenvalue weighted by molar-refractivity contribution is -0.837. The van der Waals surface area contributed by atoms with Crippen molar-refractivity contribution >= 4 is 12.2 Å². The number of benzene rings is 2. The molecule has 31 heavy (non-hydrogen) atoms. The van der Waals surface area contributed by atoms with E-state index in [9.17, 15) is 9.59 Å². The van der Waals surface area contributed by atoms with Crippen LogP contribution in [0.2, 0.25) is 0 Å². The minimum Gasteiger partial charge on any atom is -0.483 e. The molecule has 0 fully saturated rings. The van der Waals surface area contributed by atoms with E-state index in [-0.39, 0.29) is 4.59 Å². The molecule has 0 spiro atoms. The standard InChI is InChI=1S/C26H24N2O3/c1-2-22-17-24-25(31-19-21-12-7-4-8-13-21)14-9-15-28(24,27-26(30)18-29)23(22)16-20-10-5-3-6-11-20/h3-15,17-18H,2,16,19H2,1H3/p+1. The predicted octanol–water partition coefficient (Wildman–Crippen LogP) is 4.47. The van der Waals surface area contributed by atoms with Crippen molar-refractivity contribution < 1.29 is 18.9 Å². The summed E-state index contributed by atoms with van der Waals surface area (Å²) in [4.78, 5) is 23.5. The SMILES string of the molecule is CCC1=C(Cc2ccccc2)[N+]2(NC(=O)C=O)C=CC=C(OCc3ccccc3)C2=C1. The number of aldehydes is 1. The first-order valence-corrected chi connectivity index (χ1v) is 10.4. The molecule has 156 valence electrons. The van der Waals surface area contributed by atoms with Gasteiger partial charge in [-0.25, -0.2) is 0 Å². The van der Waals surface area contributed by atoms with Crippen LogP contribution in [0.5, 0.6) is 0 Å². The molecule has 1 amide bonds. The van der Waals surface area contributed by atoms with Crippen molar-refractivity contribution in [1.29, 1.82) is 0 Å². The molecule has 2 heterocycles. The Morgan fingerprint density at radius 1 is 1.03 bits per heavy atom. The van der Waals surface area contributed by atoms with Gasteiger partial charge in [-0.1, -0.05) is 67.6 Å². The van der Waals surface area contributed by atoms with Crippen LogP contribution in [-0.2, 0) is 27.4 Å². The summed E-state index contributed by atoms with van der Waals surface area (Å²) < 4.78 is 6.14. The van der Waals surface area contributed by atoms with Crippen LogP contribution in [0.15, 0.2) is 108 Å². The number of hydrogen-bond donors (Lipinski definition) is 1. The first-order valence-electron chi connectivity index (χ1n) is 10.4. The van der Waals surface area contributed by atoms with E-state index in [1.807, 2.05) is 66.9 Å². The fraction of sp³-hybridized carbons (Fsp3) is 0.154. The van der Waals surface area contributed by atoms with Gasteiger partial charge in [0, 0.05) is 11.6 Å². The lowest BCUT2D eigenvalue weighted by atomic mass is 10.0. The summed E-state index contributed by atoms with van der Waals surface area (Å²) in [5.74, 6) is -0.00524. The van der Waals surface area contributed by atoms with Crippen LogP contribution in [0.4, 0.5) is 0 Å². The van der Waals surface area contributed by atoms with E-state index >= 15 is 0 Å². The Morgan fingerprint density at radius 2 is 1.71 bits per heavy atom. The lowest BCUT2D eigenvalue weighted by Crippen LogP contribution is -2.55. The summed E-state index contributed by atoms with van der Waals surface area (Å²) in [7, 11) is 0. The van der Waals surface area contributed by atoms with Crippen LogP contribution in [0.3, 0.4) is 0 Å². The highest BCUT2D eigenvalue weighted by molar-refractivity contribution is 6.23.